The number of hydrogen-bond donors (Lipinski definition) is 3. The summed E-state index contributed by atoms with van der Waals surface area (Å²) in [6.45, 7) is 6.36. The molecule has 35 heavy (non-hydrogen) atoms. The lowest BCUT2D eigenvalue weighted by molar-refractivity contribution is -0.119. The van der Waals surface area contributed by atoms with Gasteiger partial charge in [-0.25, -0.2) is 0 Å². The van der Waals surface area contributed by atoms with E-state index in [-0.39, 0.29) is 17.9 Å². The number of aromatic amines is 1. The summed E-state index contributed by atoms with van der Waals surface area (Å²) >= 11 is 0. The molecular formula is C26H32N6O3. The number of nitrogens with one attached hydrogen (secondary N) is 3. The average Bonchev–Trinajstić information content (AvgIpc) is 3.23. The normalized spacial score (nSPS) is 19.2. The van der Waals surface area contributed by atoms with E-state index in [4.69, 9.17) is 0 Å². The Morgan fingerprint density at radius 2 is 1.89 bits per heavy atom. The fourth-order valence-corrected chi connectivity index (χ4v) is 5.37. The quantitative estimate of drug-likeness (QED) is 0.491. The van der Waals surface area contributed by atoms with Crippen LogP contribution in [0.3, 0.4) is 0 Å². The topological polar surface area (TPSA) is 101 Å². The van der Waals surface area contributed by atoms with Crippen molar-refractivity contribution < 1.29 is 14.4 Å². The van der Waals surface area contributed by atoms with E-state index in [1.54, 1.807) is 6.92 Å². The number of benzene rings is 2. The van der Waals surface area contributed by atoms with E-state index >= 15 is 0 Å². The van der Waals surface area contributed by atoms with Crippen molar-refractivity contribution in [3.63, 3.8) is 0 Å². The van der Waals surface area contributed by atoms with Gasteiger partial charge < -0.3 is 30.3 Å². The van der Waals surface area contributed by atoms with Gasteiger partial charge in [0.05, 0.1) is 11.2 Å². The first-order chi connectivity index (χ1) is 16.9. The highest BCUT2D eigenvalue weighted by Crippen LogP contribution is 2.39. The van der Waals surface area contributed by atoms with Crippen LogP contribution in [0.2, 0.25) is 0 Å². The molecule has 0 spiro atoms. The van der Waals surface area contributed by atoms with E-state index in [0.29, 0.717) is 17.7 Å². The van der Waals surface area contributed by atoms with Crippen LogP contribution < -0.4 is 15.5 Å². The molecular weight excluding hydrogens is 444 g/mol. The van der Waals surface area contributed by atoms with Crippen LogP contribution in [0.5, 0.6) is 0 Å². The molecule has 184 valence electrons. The van der Waals surface area contributed by atoms with E-state index in [2.05, 4.69) is 32.5 Å². The molecule has 0 saturated carbocycles. The van der Waals surface area contributed by atoms with Gasteiger partial charge in [-0.15, -0.1) is 0 Å². The second-order valence-corrected chi connectivity index (χ2v) is 9.61. The molecule has 3 aromatic rings. The van der Waals surface area contributed by atoms with Crippen molar-refractivity contribution in [2.45, 2.75) is 25.8 Å². The number of piperazine rings is 1. The Morgan fingerprint density at radius 3 is 2.63 bits per heavy atom. The van der Waals surface area contributed by atoms with Gasteiger partial charge in [0, 0.05) is 79.8 Å². The summed E-state index contributed by atoms with van der Waals surface area (Å²) in [4.78, 5) is 46.0. The Kier molecular flexibility index (Phi) is 6.34. The van der Waals surface area contributed by atoms with Gasteiger partial charge in [0.2, 0.25) is 12.3 Å². The minimum Gasteiger partial charge on any atom is -0.369 e. The third kappa shape index (κ3) is 4.55. The highest BCUT2D eigenvalue weighted by atomic mass is 16.2. The van der Waals surface area contributed by atoms with Gasteiger partial charge in [0.25, 0.3) is 5.91 Å². The van der Waals surface area contributed by atoms with Gasteiger partial charge in [-0.05, 0) is 44.2 Å². The molecule has 2 fully saturated rings. The third-order valence-electron chi connectivity index (χ3n) is 7.15. The zero-order valence-corrected chi connectivity index (χ0v) is 20.3. The molecule has 2 aliphatic heterocycles. The summed E-state index contributed by atoms with van der Waals surface area (Å²) in [6, 6.07) is 9.85. The summed E-state index contributed by atoms with van der Waals surface area (Å²) in [7, 11) is 2.07. The Hall–Kier alpha value is -3.59. The number of carbonyl (C=O) groups is 3. The monoisotopic (exact) mass is 476 g/mol. The zero-order chi connectivity index (χ0) is 24.5. The first kappa shape index (κ1) is 23.2. The lowest BCUT2D eigenvalue weighted by atomic mass is 10.0. The van der Waals surface area contributed by atoms with Crippen molar-refractivity contribution in [3.8, 4) is 0 Å². The molecule has 5 rings (SSSR count). The number of likely N-dealkylation sites (N-methyl/N-ethyl adjacent to an activating group) is 1. The lowest BCUT2D eigenvalue weighted by Gasteiger charge is -2.35. The first-order valence-electron chi connectivity index (χ1n) is 12.2. The molecule has 1 aromatic heterocycles. The van der Waals surface area contributed by atoms with Crippen molar-refractivity contribution in [1.29, 1.82) is 0 Å². The Morgan fingerprint density at radius 1 is 1.09 bits per heavy atom. The fourth-order valence-electron chi connectivity index (χ4n) is 5.37. The van der Waals surface area contributed by atoms with Crippen LogP contribution in [-0.2, 0) is 9.59 Å². The predicted octanol–water partition coefficient (Wildman–Crippen LogP) is 2.38. The largest absolute Gasteiger partial charge is 0.369 e. The number of hydrogen-bond acceptors (Lipinski definition) is 5. The smallest absolute Gasteiger partial charge is 0.254 e. The van der Waals surface area contributed by atoms with E-state index in [1.807, 2.05) is 35.2 Å². The molecule has 0 radical (unpaired) electrons. The number of nitrogens with zero attached hydrogens (tertiary/aromatic N) is 3. The number of aromatic nitrogens is 1. The fraction of sp³-hybridized carbons (Fsp3) is 0.423. The van der Waals surface area contributed by atoms with Gasteiger partial charge >= 0.3 is 0 Å². The molecule has 9 heteroatoms. The molecule has 1 atom stereocenters. The second kappa shape index (κ2) is 9.58. The number of H-pyrrole nitrogens is 1. The number of rotatable bonds is 5. The summed E-state index contributed by atoms with van der Waals surface area (Å²) in [6.07, 6.45) is 2.61. The van der Waals surface area contributed by atoms with Crippen LogP contribution in [0.25, 0.3) is 21.8 Å². The number of fused-ring (bicyclic) bond motifs is 3. The summed E-state index contributed by atoms with van der Waals surface area (Å²) in [5.74, 6) is 0.0245. The van der Waals surface area contributed by atoms with Gasteiger partial charge in [0.1, 0.15) is 0 Å². The van der Waals surface area contributed by atoms with Gasteiger partial charge in [-0.1, -0.05) is 6.07 Å². The minimum absolute atomic E-state index is 0.0165. The van der Waals surface area contributed by atoms with Crippen LogP contribution >= 0.6 is 0 Å². The molecule has 3 amide bonds. The van der Waals surface area contributed by atoms with Crippen molar-refractivity contribution in [2.24, 2.45) is 0 Å². The Balaban J connectivity index is 1.54. The average molecular weight is 477 g/mol. The highest BCUT2D eigenvalue weighted by Gasteiger charge is 2.25. The Bertz CT molecular complexity index is 1280. The van der Waals surface area contributed by atoms with Crippen LogP contribution in [0.1, 0.15) is 30.1 Å². The molecule has 3 heterocycles. The Labute approximate surface area is 204 Å². The zero-order valence-electron chi connectivity index (χ0n) is 20.3. The van der Waals surface area contributed by atoms with Gasteiger partial charge in [-0.2, -0.15) is 0 Å². The molecule has 9 nitrogen and oxygen atoms in total. The third-order valence-corrected chi connectivity index (χ3v) is 7.15. The summed E-state index contributed by atoms with van der Waals surface area (Å²) in [5.41, 5.74) is 4.09. The number of piperidine rings is 1. The second-order valence-electron chi connectivity index (χ2n) is 9.61. The molecule has 3 N–H and O–H groups in total. The summed E-state index contributed by atoms with van der Waals surface area (Å²) < 4.78 is 0. The number of anilines is 2. The van der Waals surface area contributed by atoms with Gasteiger partial charge in [0.15, 0.2) is 0 Å². The standard InChI is InChI=1S/C26H32N6O3/c1-17(34)28-19-4-3-9-32(15-19)23-8-7-21(27-16-33)25-24(23)20-6-5-18(14-22(20)29-25)26(35)31-12-10-30(2)11-13-31/h5-8,14,16,19,29H,3-4,9-13,15H2,1-2H3,(H,27,33)(H,28,34)/t19-/m1/s1. The van der Waals surface area contributed by atoms with E-state index < -0.39 is 0 Å². The van der Waals surface area contributed by atoms with Crippen molar-refractivity contribution >= 4 is 51.4 Å². The predicted molar refractivity (Wildman–Crippen MR) is 138 cm³/mol. The van der Waals surface area contributed by atoms with Crippen LogP contribution in [0.4, 0.5) is 11.4 Å². The van der Waals surface area contributed by atoms with E-state index in [0.717, 1.165) is 79.6 Å². The van der Waals surface area contributed by atoms with E-state index in [9.17, 15) is 14.4 Å². The minimum atomic E-state index is -0.0165. The molecule has 2 aromatic carbocycles. The molecule has 0 aliphatic carbocycles. The van der Waals surface area contributed by atoms with Crippen molar-refractivity contribution in [2.75, 3.05) is 56.5 Å². The van der Waals surface area contributed by atoms with Crippen molar-refractivity contribution in [1.82, 2.24) is 20.1 Å². The maximum atomic E-state index is 13.2. The molecule has 2 aliphatic rings. The van der Waals surface area contributed by atoms with Gasteiger partial charge in [-0.3, -0.25) is 14.4 Å². The highest BCUT2D eigenvalue weighted by molar-refractivity contribution is 6.18. The molecule has 0 bridgehead atoms. The maximum Gasteiger partial charge on any atom is 0.254 e. The first-order valence-corrected chi connectivity index (χ1v) is 12.2. The van der Waals surface area contributed by atoms with Crippen LogP contribution in [0, 0.1) is 0 Å². The molecule has 0 unspecified atom stereocenters. The summed E-state index contributed by atoms with van der Waals surface area (Å²) in [5, 5.41) is 7.87. The number of amides is 3. The van der Waals surface area contributed by atoms with Crippen LogP contribution in [0.15, 0.2) is 30.3 Å². The maximum absolute atomic E-state index is 13.2. The lowest BCUT2D eigenvalue weighted by Crippen LogP contribution is -2.47. The van der Waals surface area contributed by atoms with E-state index in [1.165, 1.54) is 0 Å². The SMILES string of the molecule is CC(=O)N[C@@H]1CCCN(c2ccc(NC=O)c3[nH]c4cc(C(=O)N5CCN(C)CC5)ccc4c23)C1. The number of carbonyl (C=O) groups excluding carboxylic acids is 3. The van der Waals surface area contributed by atoms with Crippen LogP contribution in [-0.4, -0.2) is 85.4 Å². The van der Waals surface area contributed by atoms with Crippen molar-refractivity contribution in [3.05, 3.63) is 35.9 Å². The molecule has 2 saturated heterocycles.